The molecule has 10 heteroatoms. The van der Waals surface area contributed by atoms with Crippen LogP contribution in [0.5, 0.6) is 5.75 Å². The number of anilines is 2. The second-order valence-corrected chi connectivity index (χ2v) is 4.51. The highest BCUT2D eigenvalue weighted by molar-refractivity contribution is 5.94. The smallest absolute Gasteiger partial charge is 0.339 e. The molecule has 0 aliphatic heterocycles. The molecule has 1 aromatic heterocycles. The van der Waals surface area contributed by atoms with E-state index >= 15 is 0 Å². The highest BCUT2D eigenvalue weighted by atomic mass is 16.6. The molecule has 0 bridgehead atoms. The van der Waals surface area contributed by atoms with E-state index in [0.717, 1.165) is 6.07 Å². The first-order valence-corrected chi connectivity index (χ1v) is 6.20. The normalized spacial score (nSPS) is 10.6. The zero-order chi connectivity index (χ0) is 16.6. The number of rotatable bonds is 4. The van der Waals surface area contributed by atoms with Crippen LogP contribution >= 0.6 is 0 Å². The summed E-state index contributed by atoms with van der Waals surface area (Å²) in [5.41, 5.74) is -0.161. The van der Waals surface area contributed by atoms with E-state index in [1.54, 1.807) is 0 Å². The van der Waals surface area contributed by atoms with Gasteiger partial charge in [-0.25, -0.2) is 9.42 Å². The molecule has 3 N–H and O–H groups in total. The first-order valence-electron chi connectivity index (χ1n) is 6.20. The Kier molecular flexibility index (Phi) is 3.26. The standard InChI is InChI=1S/C13H8N4O6/c18-10-4-1-6(5-7(10)13(19)20)14-9-3-2-8-11(16-23-15-8)12(9)17(21)22/h1-5,14,18H,(H,19,20). The largest absolute Gasteiger partial charge is 0.507 e. The van der Waals surface area contributed by atoms with Crippen molar-refractivity contribution < 1.29 is 24.6 Å². The summed E-state index contributed by atoms with van der Waals surface area (Å²) in [5, 5.41) is 39.5. The van der Waals surface area contributed by atoms with Crippen LogP contribution < -0.4 is 5.32 Å². The number of nitrogens with one attached hydrogen (secondary N) is 1. The summed E-state index contributed by atoms with van der Waals surface area (Å²) >= 11 is 0. The minimum atomic E-state index is -1.32. The van der Waals surface area contributed by atoms with Gasteiger partial charge in [0.2, 0.25) is 5.52 Å². The molecule has 0 atom stereocenters. The summed E-state index contributed by atoms with van der Waals surface area (Å²) in [4.78, 5) is 21.6. The van der Waals surface area contributed by atoms with Gasteiger partial charge in [-0.2, -0.15) is 0 Å². The van der Waals surface area contributed by atoms with Crippen molar-refractivity contribution in [2.75, 3.05) is 5.32 Å². The molecule has 0 radical (unpaired) electrons. The van der Waals surface area contributed by atoms with Crippen LogP contribution in [-0.4, -0.2) is 31.4 Å². The first kappa shape index (κ1) is 14.3. The number of nitro groups is 1. The number of aromatic nitrogens is 2. The molecule has 0 aliphatic carbocycles. The van der Waals surface area contributed by atoms with Crippen LogP contribution in [0.2, 0.25) is 0 Å². The van der Waals surface area contributed by atoms with Crippen molar-refractivity contribution in [3.8, 4) is 5.75 Å². The van der Waals surface area contributed by atoms with Crippen LogP contribution in [0.1, 0.15) is 10.4 Å². The summed E-state index contributed by atoms with van der Waals surface area (Å²) in [6, 6.07) is 6.59. The number of carboxylic acid groups (broad SMARTS) is 1. The molecule has 0 spiro atoms. The summed E-state index contributed by atoms with van der Waals surface area (Å²) in [5.74, 6) is -1.73. The molecule has 23 heavy (non-hydrogen) atoms. The number of benzene rings is 2. The fourth-order valence-corrected chi connectivity index (χ4v) is 2.06. The molecule has 2 aromatic carbocycles. The maximum Gasteiger partial charge on any atom is 0.339 e. The average Bonchev–Trinajstić information content (AvgIpc) is 2.96. The van der Waals surface area contributed by atoms with Gasteiger partial charge < -0.3 is 15.5 Å². The highest BCUT2D eigenvalue weighted by Crippen LogP contribution is 2.34. The molecular formula is C13H8N4O6. The van der Waals surface area contributed by atoms with E-state index in [1.807, 2.05) is 0 Å². The maximum absolute atomic E-state index is 11.3. The van der Waals surface area contributed by atoms with Crippen LogP contribution in [0.4, 0.5) is 17.1 Å². The molecule has 116 valence electrons. The van der Waals surface area contributed by atoms with E-state index in [0.29, 0.717) is 0 Å². The van der Waals surface area contributed by atoms with E-state index in [4.69, 9.17) is 5.11 Å². The fourth-order valence-electron chi connectivity index (χ4n) is 2.06. The Balaban J connectivity index is 2.08. The lowest BCUT2D eigenvalue weighted by atomic mass is 10.1. The number of aromatic carboxylic acids is 1. The van der Waals surface area contributed by atoms with Gasteiger partial charge >= 0.3 is 11.7 Å². The van der Waals surface area contributed by atoms with Crippen LogP contribution in [0.15, 0.2) is 35.0 Å². The number of nitro benzene ring substituents is 1. The minimum Gasteiger partial charge on any atom is -0.507 e. The third-order valence-corrected chi connectivity index (χ3v) is 3.09. The average molecular weight is 316 g/mol. The van der Waals surface area contributed by atoms with Gasteiger partial charge in [-0.05, 0) is 40.6 Å². The number of hydrogen-bond donors (Lipinski definition) is 3. The Bertz CT molecular complexity index is 935. The van der Waals surface area contributed by atoms with Crippen molar-refractivity contribution in [2.24, 2.45) is 0 Å². The van der Waals surface area contributed by atoms with E-state index in [1.165, 1.54) is 24.3 Å². The van der Waals surface area contributed by atoms with Gasteiger partial charge in [0.1, 0.15) is 22.5 Å². The lowest BCUT2D eigenvalue weighted by Crippen LogP contribution is -2.01. The molecule has 3 aromatic rings. The molecule has 0 saturated carbocycles. The lowest BCUT2D eigenvalue weighted by Gasteiger charge is -2.08. The number of carbonyl (C=O) groups is 1. The Labute approximate surface area is 127 Å². The van der Waals surface area contributed by atoms with Gasteiger partial charge in [-0.3, -0.25) is 10.1 Å². The number of aromatic hydroxyl groups is 1. The Hall–Kier alpha value is -3.69. The summed E-state index contributed by atoms with van der Waals surface area (Å²) in [6.07, 6.45) is 0. The molecule has 0 aliphatic rings. The van der Waals surface area contributed by atoms with Gasteiger partial charge in [0, 0.05) is 5.69 Å². The van der Waals surface area contributed by atoms with Gasteiger partial charge in [-0.15, -0.1) is 0 Å². The van der Waals surface area contributed by atoms with E-state index in [2.05, 4.69) is 20.3 Å². The zero-order valence-corrected chi connectivity index (χ0v) is 11.3. The zero-order valence-electron chi connectivity index (χ0n) is 11.3. The van der Waals surface area contributed by atoms with Crippen molar-refractivity contribution in [3.63, 3.8) is 0 Å². The van der Waals surface area contributed by atoms with Crippen LogP contribution in [0.25, 0.3) is 11.0 Å². The van der Waals surface area contributed by atoms with Crippen molar-refractivity contribution in [1.82, 2.24) is 10.3 Å². The van der Waals surface area contributed by atoms with Crippen LogP contribution in [0, 0.1) is 10.1 Å². The predicted molar refractivity (Wildman–Crippen MR) is 76.8 cm³/mol. The van der Waals surface area contributed by atoms with E-state index in [9.17, 15) is 20.0 Å². The molecule has 0 amide bonds. The quantitative estimate of drug-likeness (QED) is 0.374. The summed E-state index contributed by atoms with van der Waals surface area (Å²) in [7, 11) is 0. The van der Waals surface area contributed by atoms with Crippen molar-refractivity contribution in [2.45, 2.75) is 0 Å². The fraction of sp³-hybridized carbons (Fsp3) is 0. The molecule has 0 fully saturated rings. The Morgan fingerprint density at radius 3 is 2.74 bits per heavy atom. The van der Waals surface area contributed by atoms with Gasteiger partial charge in [-0.1, -0.05) is 0 Å². The number of fused-ring (bicyclic) bond motifs is 1. The maximum atomic E-state index is 11.3. The van der Waals surface area contributed by atoms with Crippen LogP contribution in [0.3, 0.4) is 0 Å². The number of nitrogens with zero attached hydrogens (tertiary/aromatic N) is 3. The van der Waals surface area contributed by atoms with E-state index in [-0.39, 0.29) is 33.7 Å². The molecular weight excluding hydrogens is 308 g/mol. The third kappa shape index (κ3) is 2.48. The minimum absolute atomic E-state index is 0.0303. The predicted octanol–water partition coefficient (Wildman–Crippen LogP) is 2.28. The third-order valence-electron chi connectivity index (χ3n) is 3.09. The Morgan fingerprint density at radius 2 is 2.04 bits per heavy atom. The molecule has 1 heterocycles. The van der Waals surface area contributed by atoms with E-state index < -0.39 is 16.6 Å². The van der Waals surface area contributed by atoms with Gasteiger partial charge in [0.15, 0.2) is 0 Å². The van der Waals surface area contributed by atoms with Crippen LogP contribution in [-0.2, 0) is 0 Å². The second-order valence-electron chi connectivity index (χ2n) is 4.51. The van der Waals surface area contributed by atoms with Crippen molar-refractivity contribution in [3.05, 3.63) is 46.0 Å². The summed E-state index contributed by atoms with van der Waals surface area (Å²) in [6.45, 7) is 0. The summed E-state index contributed by atoms with van der Waals surface area (Å²) < 4.78 is 4.48. The monoisotopic (exact) mass is 316 g/mol. The van der Waals surface area contributed by atoms with Gasteiger partial charge in [0.05, 0.1) is 4.92 Å². The van der Waals surface area contributed by atoms with Crippen molar-refractivity contribution >= 4 is 34.1 Å². The van der Waals surface area contributed by atoms with Crippen molar-refractivity contribution in [1.29, 1.82) is 0 Å². The molecule has 0 unspecified atom stereocenters. The number of hydrogen-bond acceptors (Lipinski definition) is 8. The number of carboxylic acids is 1. The topological polar surface area (TPSA) is 152 Å². The second kappa shape index (κ2) is 5.26. The van der Waals surface area contributed by atoms with Gasteiger partial charge in [0.25, 0.3) is 0 Å². The molecule has 3 rings (SSSR count). The lowest BCUT2D eigenvalue weighted by molar-refractivity contribution is -0.382. The first-order chi connectivity index (χ1) is 11.0. The SMILES string of the molecule is O=C(O)c1cc(Nc2ccc3nonc3c2[N+](=O)[O-])ccc1O. The Morgan fingerprint density at radius 1 is 1.26 bits per heavy atom. The molecule has 0 saturated heterocycles. The highest BCUT2D eigenvalue weighted by Gasteiger charge is 2.23. The number of phenols is 1. The molecule has 10 nitrogen and oxygen atoms in total.